The van der Waals surface area contributed by atoms with E-state index in [1.165, 1.54) is 6.20 Å². The molecule has 1 heterocycles. The molecule has 0 radical (unpaired) electrons. The molecule has 92 valence electrons. The van der Waals surface area contributed by atoms with Crippen LogP contribution in [0.2, 0.25) is 5.02 Å². The number of hydrogen-bond donors (Lipinski definition) is 1. The van der Waals surface area contributed by atoms with Gasteiger partial charge in [0.25, 0.3) is 0 Å². The first kappa shape index (κ1) is 13.7. The van der Waals surface area contributed by atoms with E-state index in [2.05, 4.69) is 10.3 Å². The lowest BCUT2D eigenvalue weighted by Gasteiger charge is -2.16. The predicted molar refractivity (Wildman–Crippen MR) is 65.1 cm³/mol. The number of pyridine rings is 1. The zero-order valence-electron chi connectivity index (χ0n) is 9.74. The maximum atomic E-state index is 8.82. The number of aromatic nitrogens is 1. The lowest BCUT2D eigenvalue weighted by molar-refractivity contribution is 0.0365. The molecule has 1 unspecified atom stereocenters. The summed E-state index contributed by atoms with van der Waals surface area (Å²) in [6.45, 7) is 0.977. The fourth-order valence-corrected chi connectivity index (χ4v) is 1.48. The Kier molecular flexibility index (Phi) is 5.70. The highest BCUT2D eigenvalue weighted by molar-refractivity contribution is 6.34. The second-order valence-corrected chi connectivity index (χ2v) is 3.70. The molecule has 0 spiro atoms. The van der Waals surface area contributed by atoms with Crippen molar-refractivity contribution in [1.82, 2.24) is 4.98 Å². The van der Waals surface area contributed by atoms with Crippen LogP contribution in [-0.2, 0) is 9.47 Å². The van der Waals surface area contributed by atoms with E-state index in [4.69, 9.17) is 26.3 Å². The number of hydrogen-bond acceptors (Lipinski definition) is 5. The molecule has 1 atom stereocenters. The van der Waals surface area contributed by atoms with Crippen LogP contribution >= 0.6 is 11.6 Å². The van der Waals surface area contributed by atoms with Crippen molar-refractivity contribution in [2.75, 3.05) is 32.7 Å². The van der Waals surface area contributed by atoms with Crippen molar-refractivity contribution in [3.05, 3.63) is 22.8 Å². The molecule has 1 aromatic rings. The molecule has 0 amide bonds. The van der Waals surface area contributed by atoms with Crippen LogP contribution < -0.4 is 5.32 Å². The monoisotopic (exact) mass is 255 g/mol. The molecule has 0 fully saturated rings. The molecular formula is C11H14ClN3O2. The predicted octanol–water partition coefficient (Wildman–Crippen LogP) is 1.68. The lowest BCUT2D eigenvalue weighted by atomic mass is 10.3. The maximum Gasteiger partial charge on any atom is 0.146 e. The minimum atomic E-state index is -0.0939. The van der Waals surface area contributed by atoms with E-state index in [9.17, 15) is 0 Å². The van der Waals surface area contributed by atoms with Crippen LogP contribution in [-0.4, -0.2) is 38.5 Å². The number of nitrogens with zero attached hydrogens (tertiary/aromatic N) is 2. The summed E-state index contributed by atoms with van der Waals surface area (Å²) in [4.78, 5) is 4.06. The zero-order chi connectivity index (χ0) is 12.7. The third-order valence-corrected chi connectivity index (χ3v) is 2.58. The standard InChI is InChI=1S/C11H14ClN3O2/c1-16-7-9(17-2)6-15-11-10(12)8(5-13)3-4-14-11/h3-4,9H,6-7H2,1-2H3,(H,14,15). The van der Waals surface area contributed by atoms with Gasteiger partial charge in [-0.15, -0.1) is 0 Å². The smallest absolute Gasteiger partial charge is 0.146 e. The minimum absolute atomic E-state index is 0.0939. The second-order valence-electron chi connectivity index (χ2n) is 3.33. The molecule has 0 aliphatic carbocycles. The van der Waals surface area contributed by atoms with Gasteiger partial charge < -0.3 is 14.8 Å². The van der Waals surface area contributed by atoms with Crippen LogP contribution in [0.4, 0.5) is 5.82 Å². The van der Waals surface area contributed by atoms with Gasteiger partial charge >= 0.3 is 0 Å². The summed E-state index contributed by atoms with van der Waals surface area (Å²) in [6.07, 6.45) is 1.44. The molecule has 0 bridgehead atoms. The van der Waals surface area contributed by atoms with Gasteiger partial charge in [0.1, 0.15) is 16.9 Å². The van der Waals surface area contributed by atoms with E-state index in [0.717, 1.165) is 0 Å². The van der Waals surface area contributed by atoms with Gasteiger partial charge in [-0.2, -0.15) is 5.26 Å². The fourth-order valence-electron chi connectivity index (χ4n) is 1.26. The summed E-state index contributed by atoms with van der Waals surface area (Å²) in [5.41, 5.74) is 0.393. The summed E-state index contributed by atoms with van der Waals surface area (Å²) in [5.74, 6) is 0.476. The van der Waals surface area contributed by atoms with Crippen LogP contribution in [0.25, 0.3) is 0 Å². The van der Waals surface area contributed by atoms with Crippen LogP contribution in [0.15, 0.2) is 12.3 Å². The Hall–Kier alpha value is -1.35. The van der Waals surface area contributed by atoms with E-state index in [1.54, 1.807) is 20.3 Å². The zero-order valence-corrected chi connectivity index (χ0v) is 10.5. The van der Waals surface area contributed by atoms with Gasteiger partial charge in [0.05, 0.1) is 18.3 Å². The van der Waals surface area contributed by atoms with E-state index in [1.807, 2.05) is 6.07 Å². The van der Waals surface area contributed by atoms with Crippen LogP contribution in [0.5, 0.6) is 0 Å². The van der Waals surface area contributed by atoms with Crippen molar-refractivity contribution in [3.63, 3.8) is 0 Å². The molecule has 0 aliphatic heterocycles. The molecule has 0 saturated carbocycles. The van der Waals surface area contributed by atoms with Crippen LogP contribution in [0.3, 0.4) is 0 Å². The topological polar surface area (TPSA) is 67.2 Å². The molecule has 5 nitrogen and oxygen atoms in total. The number of ether oxygens (including phenoxy) is 2. The number of anilines is 1. The van der Waals surface area contributed by atoms with Crippen molar-refractivity contribution in [1.29, 1.82) is 5.26 Å². The summed E-state index contributed by atoms with van der Waals surface area (Å²) >= 11 is 5.99. The summed E-state index contributed by atoms with van der Waals surface area (Å²) in [7, 11) is 3.21. The number of methoxy groups -OCH3 is 2. The third-order valence-electron chi connectivity index (χ3n) is 2.19. The Bertz CT molecular complexity index is 406. The van der Waals surface area contributed by atoms with Crippen molar-refractivity contribution in [3.8, 4) is 6.07 Å². The first-order chi connectivity index (χ1) is 8.22. The van der Waals surface area contributed by atoms with Crippen molar-refractivity contribution in [2.24, 2.45) is 0 Å². The van der Waals surface area contributed by atoms with Crippen molar-refractivity contribution >= 4 is 17.4 Å². The molecule has 1 aromatic heterocycles. The SMILES string of the molecule is COCC(CNc1nccc(C#N)c1Cl)OC. The number of rotatable bonds is 6. The van der Waals surface area contributed by atoms with Gasteiger partial charge in [0.2, 0.25) is 0 Å². The third kappa shape index (κ3) is 3.86. The largest absolute Gasteiger partial charge is 0.382 e. The Labute approximate surface area is 105 Å². The average Bonchev–Trinajstić information content (AvgIpc) is 2.36. The first-order valence-electron chi connectivity index (χ1n) is 5.03. The summed E-state index contributed by atoms with van der Waals surface area (Å²) in [6, 6.07) is 3.56. The molecule has 0 aliphatic rings. The number of halogens is 1. The molecule has 17 heavy (non-hydrogen) atoms. The maximum absolute atomic E-state index is 8.82. The van der Waals surface area contributed by atoms with Gasteiger partial charge in [-0.1, -0.05) is 11.6 Å². The number of nitrogens with one attached hydrogen (secondary N) is 1. The molecule has 0 saturated heterocycles. The van der Waals surface area contributed by atoms with Gasteiger partial charge in [-0.3, -0.25) is 0 Å². The van der Waals surface area contributed by atoms with E-state index < -0.39 is 0 Å². The highest BCUT2D eigenvalue weighted by Gasteiger charge is 2.10. The Morgan fingerprint density at radius 2 is 2.35 bits per heavy atom. The van der Waals surface area contributed by atoms with Crippen molar-refractivity contribution < 1.29 is 9.47 Å². The molecule has 6 heteroatoms. The normalized spacial score (nSPS) is 11.9. The highest BCUT2D eigenvalue weighted by atomic mass is 35.5. The van der Waals surface area contributed by atoms with E-state index >= 15 is 0 Å². The molecular weight excluding hydrogens is 242 g/mol. The quantitative estimate of drug-likeness (QED) is 0.838. The summed E-state index contributed by atoms with van der Waals surface area (Å²) in [5, 5.41) is 12.2. The highest BCUT2D eigenvalue weighted by Crippen LogP contribution is 2.22. The minimum Gasteiger partial charge on any atom is -0.382 e. The molecule has 0 aromatic carbocycles. The molecule has 1 N–H and O–H groups in total. The fraction of sp³-hybridized carbons (Fsp3) is 0.455. The average molecular weight is 256 g/mol. The summed E-state index contributed by atoms with van der Waals surface area (Å²) < 4.78 is 10.2. The van der Waals surface area contributed by atoms with Crippen LogP contribution in [0.1, 0.15) is 5.56 Å². The van der Waals surface area contributed by atoms with Gasteiger partial charge in [-0.25, -0.2) is 4.98 Å². The van der Waals surface area contributed by atoms with Gasteiger partial charge in [0, 0.05) is 27.0 Å². The lowest BCUT2D eigenvalue weighted by Crippen LogP contribution is -2.27. The second kappa shape index (κ2) is 7.07. The Morgan fingerprint density at radius 3 is 2.94 bits per heavy atom. The molecule has 1 rings (SSSR count). The number of nitriles is 1. The Balaban J connectivity index is 2.66. The van der Waals surface area contributed by atoms with E-state index in [-0.39, 0.29) is 6.10 Å². The first-order valence-corrected chi connectivity index (χ1v) is 5.41. The van der Waals surface area contributed by atoms with Crippen molar-refractivity contribution in [2.45, 2.75) is 6.10 Å². The van der Waals surface area contributed by atoms with Crippen LogP contribution in [0, 0.1) is 11.3 Å². The Morgan fingerprint density at radius 1 is 1.59 bits per heavy atom. The van der Waals surface area contributed by atoms with Gasteiger partial charge in [0.15, 0.2) is 0 Å². The van der Waals surface area contributed by atoms with E-state index in [0.29, 0.717) is 29.6 Å². The van der Waals surface area contributed by atoms with Gasteiger partial charge in [-0.05, 0) is 6.07 Å².